The van der Waals surface area contributed by atoms with Crippen LogP contribution in [0.3, 0.4) is 0 Å². The van der Waals surface area contributed by atoms with E-state index >= 15 is 0 Å². The Morgan fingerprint density at radius 1 is 1.09 bits per heavy atom. The van der Waals surface area contributed by atoms with Crippen LogP contribution in [0.15, 0.2) is 104 Å². The van der Waals surface area contributed by atoms with E-state index in [2.05, 4.69) is 22.0 Å². The van der Waals surface area contributed by atoms with Crippen LogP contribution in [-0.4, -0.2) is 24.3 Å². The van der Waals surface area contributed by atoms with Crippen molar-refractivity contribution in [2.75, 3.05) is 13.7 Å². The molecule has 0 fully saturated rings. The first-order chi connectivity index (χ1) is 22.4. The standard InChI is InChI=1S/C35H26BrN3O5S2/c1-3-43-34(41)30-31(21-10-5-4-6-11-21)38-35-39(32(30)28-14-9-15-45-28)33(40)29(46-35)17-24-16-26(42-2)27(18-25(24)36)44-20-23-13-8-7-12-22(23)19-37/h4-18,32H,3,20H2,1-2H3/t32-/m1/s1. The number of methoxy groups -OCH3 is 1. The molecule has 0 amide bonds. The summed E-state index contributed by atoms with van der Waals surface area (Å²) in [5.41, 5.74) is 3.25. The Kier molecular flexibility index (Phi) is 9.30. The van der Waals surface area contributed by atoms with Crippen LogP contribution < -0.4 is 24.4 Å². The smallest absolute Gasteiger partial charge is 0.338 e. The van der Waals surface area contributed by atoms with Gasteiger partial charge >= 0.3 is 5.97 Å². The van der Waals surface area contributed by atoms with Crippen molar-refractivity contribution in [1.29, 1.82) is 5.26 Å². The summed E-state index contributed by atoms with van der Waals surface area (Å²) in [5.74, 6) is 0.423. The quantitative estimate of drug-likeness (QED) is 0.168. The summed E-state index contributed by atoms with van der Waals surface area (Å²) in [6.45, 7) is 2.12. The summed E-state index contributed by atoms with van der Waals surface area (Å²) >= 11 is 6.34. The molecule has 0 saturated heterocycles. The van der Waals surface area contributed by atoms with Crippen molar-refractivity contribution >= 4 is 56.3 Å². The predicted molar refractivity (Wildman–Crippen MR) is 182 cm³/mol. The number of carbonyl (C=O) groups is 1. The van der Waals surface area contributed by atoms with Crippen LogP contribution in [0.4, 0.5) is 0 Å². The van der Waals surface area contributed by atoms with Crippen molar-refractivity contribution in [2.45, 2.75) is 19.6 Å². The van der Waals surface area contributed by atoms with E-state index < -0.39 is 12.0 Å². The van der Waals surface area contributed by atoms with Gasteiger partial charge in [0.1, 0.15) is 12.6 Å². The van der Waals surface area contributed by atoms with E-state index in [1.807, 2.05) is 60.0 Å². The van der Waals surface area contributed by atoms with E-state index in [4.69, 9.17) is 19.2 Å². The maximum Gasteiger partial charge on any atom is 0.338 e. The fraction of sp³-hybridized carbons (Fsp3) is 0.143. The zero-order valence-electron chi connectivity index (χ0n) is 24.7. The molecule has 46 heavy (non-hydrogen) atoms. The Labute approximate surface area is 280 Å². The van der Waals surface area contributed by atoms with Gasteiger partial charge in [-0.05, 0) is 48.2 Å². The van der Waals surface area contributed by atoms with Gasteiger partial charge in [-0.2, -0.15) is 5.26 Å². The van der Waals surface area contributed by atoms with Gasteiger partial charge in [-0.25, -0.2) is 9.79 Å². The van der Waals surface area contributed by atoms with Gasteiger partial charge in [-0.15, -0.1) is 11.3 Å². The molecular weight excluding hydrogens is 686 g/mol. The molecule has 6 rings (SSSR count). The number of hydrogen-bond donors (Lipinski definition) is 0. The van der Waals surface area contributed by atoms with Crippen LogP contribution in [0.1, 0.15) is 40.1 Å². The highest BCUT2D eigenvalue weighted by Crippen LogP contribution is 2.37. The van der Waals surface area contributed by atoms with E-state index in [0.29, 0.717) is 47.7 Å². The lowest BCUT2D eigenvalue weighted by atomic mass is 9.97. The lowest BCUT2D eigenvalue weighted by Crippen LogP contribution is -2.39. The molecule has 3 aromatic carbocycles. The normalized spacial score (nSPS) is 14.3. The van der Waals surface area contributed by atoms with Gasteiger partial charge in [0.05, 0.1) is 41.2 Å². The molecule has 1 atom stereocenters. The molecule has 0 radical (unpaired) electrons. The first-order valence-electron chi connectivity index (χ1n) is 14.2. The second-order valence-electron chi connectivity index (χ2n) is 10.0. The number of nitriles is 1. The number of hydrogen-bond acceptors (Lipinski definition) is 9. The third-order valence-electron chi connectivity index (χ3n) is 7.28. The van der Waals surface area contributed by atoms with Crippen LogP contribution >= 0.6 is 38.6 Å². The van der Waals surface area contributed by atoms with Crippen molar-refractivity contribution in [3.05, 3.63) is 141 Å². The summed E-state index contributed by atoms with van der Waals surface area (Å²) in [5, 5.41) is 11.3. The van der Waals surface area contributed by atoms with E-state index in [0.717, 1.165) is 16.0 Å². The zero-order chi connectivity index (χ0) is 32.2. The van der Waals surface area contributed by atoms with Gasteiger partial charge in [0.15, 0.2) is 16.3 Å². The van der Waals surface area contributed by atoms with Crippen LogP contribution in [0.5, 0.6) is 11.5 Å². The number of ether oxygens (including phenoxy) is 3. The predicted octanol–water partition coefficient (Wildman–Crippen LogP) is 6.22. The minimum atomic E-state index is -0.710. The summed E-state index contributed by atoms with van der Waals surface area (Å²) in [4.78, 5) is 33.9. The number of aromatic nitrogens is 1. The highest BCUT2D eigenvalue weighted by atomic mass is 79.9. The first-order valence-corrected chi connectivity index (χ1v) is 16.7. The van der Waals surface area contributed by atoms with Crippen LogP contribution in [0, 0.1) is 11.3 Å². The Bertz CT molecular complexity index is 2180. The zero-order valence-corrected chi connectivity index (χ0v) is 27.9. The average molecular weight is 713 g/mol. The molecule has 3 heterocycles. The Morgan fingerprint density at radius 2 is 1.87 bits per heavy atom. The highest BCUT2D eigenvalue weighted by Gasteiger charge is 2.35. The van der Waals surface area contributed by atoms with Gasteiger partial charge in [-0.1, -0.05) is 81.9 Å². The summed E-state index contributed by atoms with van der Waals surface area (Å²) in [6.07, 6.45) is 1.77. The summed E-state index contributed by atoms with van der Waals surface area (Å²) in [7, 11) is 1.54. The van der Waals surface area contributed by atoms with Gasteiger partial charge in [0, 0.05) is 20.5 Å². The Hall–Kier alpha value is -4.76. The molecule has 0 saturated carbocycles. The molecule has 11 heteroatoms. The van der Waals surface area contributed by atoms with Gasteiger partial charge in [-0.3, -0.25) is 9.36 Å². The van der Waals surface area contributed by atoms with Gasteiger partial charge < -0.3 is 14.2 Å². The fourth-order valence-corrected chi connectivity index (χ4v) is 7.39. The topological polar surface area (TPSA) is 103 Å². The van der Waals surface area contributed by atoms with E-state index in [1.54, 1.807) is 48.9 Å². The number of thiazole rings is 1. The molecule has 0 unspecified atom stereocenters. The molecule has 1 aliphatic rings. The Balaban J connectivity index is 1.47. The summed E-state index contributed by atoms with van der Waals surface area (Å²) < 4.78 is 19.9. The number of halogens is 1. The molecule has 0 aliphatic carbocycles. The molecule has 0 N–H and O–H groups in total. The second kappa shape index (κ2) is 13.7. The van der Waals surface area contributed by atoms with E-state index in [-0.39, 0.29) is 18.8 Å². The second-order valence-corrected chi connectivity index (χ2v) is 12.9. The van der Waals surface area contributed by atoms with E-state index in [1.165, 1.54) is 22.7 Å². The van der Waals surface area contributed by atoms with Crippen LogP contribution in [0.2, 0.25) is 0 Å². The fourth-order valence-electron chi connectivity index (χ4n) is 5.14. The molecule has 2 aromatic heterocycles. The average Bonchev–Trinajstić information content (AvgIpc) is 3.72. The number of carbonyl (C=O) groups excluding carboxylic acids is 1. The molecular formula is C35H26BrN3O5S2. The molecule has 230 valence electrons. The van der Waals surface area contributed by atoms with Crippen molar-refractivity contribution in [2.24, 2.45) is 4.99 Å². The largest absolute Gasteiger partial charge is 0.493 e. The third kappa shape index (κ3) is 6.07. The Morgan fingerprint density at radius 3 is 2.59 bits per heavy atom. The number of esters is 1. The maximum atomic E-state index is 14.2. The molecule has 5 aromatic rings. The van der Waals surface area contributed by atoms with Crippen molar-refractivity contribution in [3.8, 4) is 17.6 Å². The lowest BCUT2D eigenvalue weighted by molar-refractivity contribution is -0.138. The van der Waals surface area contributed by atoms with Crippen LogP contribution in [0.25, 0.3) is 11.8 Å². The number of fused-ring (bicyclic) bond motifs is 1. The molecule has 1 aliphatic heterocycles. The first kappa shape index (κ1) is 31.2. The van der Waals surface area contributed by atoms with Gasteiger partial charge in [0.25, 0.3) is 5.56 Å². The number of nitrogens with zero attached hydrogens (tertiary/aromatic N) is 3. The van der Waals surface area contributed by atoms with Gasteiger partial charge in [0.2, 0.25) is 0 Å². The third-order valence-corrected chi connectivity index (χ3v) is 9.87. The SMILES string of the molecule is CCOC(=O)C1=C(c2ccccc2)N=c2sc(=Cc3cc(OC)c(OCc4ccccc4C#N)cc3Br)c(=O)n2[C@@H]1c1cccs1. The molecule has 8 nitrogen and oxygen atoms in total. The minimum absolute atomic E-state index is 0.180. The van der Waals surface area contributed by atoms with Crippen molar-refractivity contribution < 1.29 is 19.0 Å². The summed E-state index contributed by atoms with van der Waals surface area (Å²) in [6, 6.07) is 25.5. The molecule has 0 spiro atoms. The molecule has 0 bridgehead atoms. The minimum Gasteiger partial charge on any atom is -0.493 e. The maximum absolute atomic E-state index is 14.2. The number of thiophene rings is 1. The van der Waals surface area contributed by atoms with E-state index in [9.17, 15) is 14.9 Å². The number of benzene rings is 3. The van der Waals surface area contributed by atoms with Crippen LogP contribution in [-0.2, 0) is 16.1 Å². The van der Waals surface area contributed by atoms with Crippen molar-refractivity contribution in [3.63, 3.8) is 0 Å². The highest BCUT2D eigenvalue weighted by molar-refractivity contribution is 9.10. The number of rotatable bonds is 9. The van der Waals surface area contributed by atoms with Crippen molar-refractivity contribution in [1.82, 2.24) is 4.57 Å². The monoisotopic (exact) mass is 711 g/mol. The lowest BCUT2D eigenvalue weighted by Gasteiger charge is -2.24.